The lowest BCUT2D eigenvalue weighted by Gasteiger charge is -2.46. The van der Waals surface area contributed by atoms with Crippen molar-refractivity contribution in [1.29, 1.82) is 0 Å². The first-order chi connectivity index (χ1) is 63.7. The number of benzene rings is 13. The van der Waals surface area contributed by atoms with Gasteiger partial charge >= 0.3 is 0 Å². The second-order valence-electron chi connectivity index (χ2n) is 45.1. The molecule has 0 N–H and O–H groups in total. The summed E-state index contributed by atoms with van der Waals surface area (Å²) < 4.78 is 148. The Hall–Kier alpha value is -10.9. The van der Waals surface area contributed by atoms with Crippen LogP contribution >= 0.6 is 0 Å². The highest BCUT2D eigenvalue weighted by atomic mass is 15.2. The van der Waals surface area contributed by atoms with Gasteiger partial charge in [0.25, 0.3) is 6.71 Å². The zero-order chi connectivity index (χ0) is 101. The van der Waals surface area contributed by atoms with E-state index in [-0.39, 0.29) is 81.0 Å². The molecule has 0 saturated heterocycles. The molecule has 124 heavy (non-hydrogen) atoms. The normalized spacial score (nSPS) is 15.7. The smallest absolute Gasteiger partial charge is 0.252 e. The molecule has 0 saturated carbocycles. The molecule has 632 valence electrons. The lowest BCUT2D eigenvalue weighted by Crippen LogP contribution is -2.61. The van der Waals surface area contributed by atoms with Gasteiger partial charge in [-0.3, -0.25) is 0 Å². The Labute approximate surface area is 763 Å². The molecule has 0 bridgehead atoms. The van der Waals surface area contributed by atoms with Gasteiger partial charge < -0.3 is 18.9 Å². The van der Waals surface area contributed by atoms with Crippen LogP contribution in [0.15, 0.2) is 255 Å². The van der Waals surface area contributed by atoms with Crippen LogP contribution in [0.2, 0.25) is 0 Å². The quantitative estimate of drug-likeness (QED) is 0.107. The molecule has 0 radical (unpaired) electrons. The summed E-state index contributed by atoms with van der Waals surface area (Å²) in [5.41, 5.74) is 17.1. The first-order valence-corrected chi connectivity index (χ1v) is 44.7. The SMILES string of the molecule is [2H]c1c([2H])c([2H])c2c(c1[2H])c1cc(CC(C)(C)C)ccc1n2-c1ccc2c(c1)N(c1cc(-c3cccc(C(C)(C)C)c3)c(C([2H])([2H])C(C)(C)C)cc1-c1cccc(C(C)(C)C)c1)c1cc(C([2H])([2H])C(C)(C)C)cc3c1B2c1ccc(-n2c4ccc(CC(C)(C)C)cc4c4c([2H])c([2H])c([2H])c([2H])c42)cc1N3c1cc(-c2cccc(C(C)(C)C)c2)c(C([2H])([2H])C(C)(C)C)cc1-c1cccc(C(C)(C)C)c1. The minimum atomic E-state index is -2.20. The molecule has 4 heterocycles. The first kappa shape index (κ1) is 69.4. The van der Waals surface area contributed by atoms with E-state index < -0.39 is 52.9 Å². The maximum atomic E-state index is 11.2. The monoisotopic (exact) mass is 1640 g/mol. The molecule has 5 heteroatoms. The van der Waals surface area contributed by atoms with Crippen LogP contribution in [0, 0.1) is 27.1 Å². The zero-order valence-corrected chi connectivity index (χ0v) is 78.4. The van der Waals surface area contributed by atoms with Gasteiger partial charge in [0.15, 0.2) is 0 Å². The van der Waals surface area contributed by atoms with E-state index in [4.69, 9.17) is 0 Å². The average molecular weight is 1640 g/mol. The Kier molecular flexibility index (Phi) is 17.1. The van der Waals surface area contributed by atoms with Crippen molar-refractivity contribution in [3.63, 3.8) is 0 Å². The molecule has 2 aliphatic rings. The van der Waals surface area contributed by atoms with Crippen LogP contribution in [0.25, 0.3) is 99.5 Å². The van der Waals surface area contributed by atoms with E-state index in [1.165, 1.54) is 0 Å². The van der Waals surface area contributed by atoms with Crippen molar-refractivity contribution in [1.82, 2.24) is 9.13 Å². The first-order valence-electron chi connectivity index (χ1n) is 51.7. The summed E-state index contributed by atoms with van der Waals surface area (Å²) in [6, 6.07) is 69.6. The minimum absolute atomic E-state index is 0.156. The van der Waals surface area contributed by atoms with Crippen LogP contribution in [0.1, 0.15) is 256 Å². The summed E-state index contributed by atoms with van der Waals surface area (Å²) in [6.45, 7) is 56.1. The second-order valence-corrected chi connectivity index (χ2v) is 45.1. The van der Waals surface area contributed by atoms with E-state index >= 15 is 0 Å². The molecule has 4 nitrogen and oxygen atoms in total. The Morgan fingerprint density at radius 3 is 0.944 bits per heavy atom. The standard InChI is InChI=1S/C119H133BN4/c1-111(2,3)70-75-48-54-102-96(56-75)90-44-28-30-46-100(90)121(102)88-50-52-98-106(66-88)123(104-68-92(78-36-32-40-84(60-78)116(16,17)18)82(73-114(10,11)12)64-94(104)80-38-34-42-86(62-80)118(22,23)24)108-58-77(72-113(7,8)9)59-109-110(108)120(98)99-53-51-89(122-101-47-31-29-45-91(101)97-57-76(49-55-103(97)122)71-112(4,5)6)67-107(99)124(109)105-69-93(79-37-33-41-85(61-79)117(19,20)21)83(74-115(13,14)15)65-95(105)81-39-35-43-87(63-81)119(25,26)27/h28-69H,70-74H2,1-27H3/i28D,29D,30D,31D,44D,45D,46D,47D,72D2,73D2,74D2. The van der Waals surface area contributed by atoms with Gasteiger partial charge in [-0.1, -0.05) is 345 Å². The summed E-state index contributed by atoms with van der Waals surface area (Å²) in [7, 11) is 0. The molecular weight excluding hydrogens is 1500 g/mol. The molecule has 2 aliphatic heterocycles. The number of fused-ring (bicyclic) bond motifs is 10. The van der Waals surface area contributed by atoms with Gasteiger partial charge in [-0.25, -0.2) is 0 Å². The van der Waals surface area contributed by atoms with Gasteiger partial charge in [0.2, 0.25) is 0 Å². The number of hydrogen-bond donors (Lipinski definition) is 0. The molecule has 13 aromatic carbocycles. The maximum Gasteiger partial charge on any atom is 0.252 e. The van der Waals surface area contributed by atoms with E-state index in [9.17, 15) is 19.2 Å². The van der Waals surface area contributed by atoms with Gasteiger partial charge in [-0.2, -0.15) is 0 Å². The Balaban J connectivity index is 1.14. The minimum Gasteiger partial charge on any atom is -0.311 e. The molecule has 2 aromatic heterocycles. The highest BCUT2D eigenvalue weighted by molar-refractivity contribution is 7.00. The van der Waals surface area contributed by atoms with Crippen LogP contribution < -0.4 is 26.2 Å². The Morgan fingerprint density at radius 2 is 0.613 bits per heavy atom. The second kappa shape index (κ2) is 30.5. The van der Waals surface area contributed by atoms with E-state index in [2.05, 4.69) is 316 Å². The van der Waals surface area contributed by atoms with Crippen molar-refractivity contribution in [3.05, 3.63) is 305 Å². The Morgan fingerprint density at radius 1 is 0.274 bits per heavy atom. The molecule has 0 fully saturated rings. The third kappa shape index (κ3) is 16.7. The van der Waals surface area contributed by atoms with Crippen molar-refractivity contribution in [2.75, 3.05) is 9.80 Å². The van der Waals surface area contributed by atoms with Crippen LogP contribution in [0.4, 0.5) is 34.1 Å². The summed E-state index contributed by atoms with van der Waals surface area (Å²) in [6.07, 6.45) is -4.91. The lowest BCUT2D eigenvalue weighted by atomic mass is 9.33. The van der Waals surface area contributed by atoms with Crippen LogP contribution in [0.5, 0.6) is 0 Å². The third-order valence-electron chi connectivity index (χ3n) is 24.4. The number of para-hydroxylation sites is 2. The summed E-state index contributed by atoms with van der Waals surface area (Å²) >= 11 is 0. The van der Waals surface area contributed by atoms with Gasteiger partial charge in [0, 0.05) is 75.0 Å². The summed E-state index contributed by atoms with van der Waals surface area (Å²) in [5.74, 6) is 0. The zero-order valence-electron chi connectivity index (χ0n) is 92.4. The van der Waals surface area contributed by atoms with Crippen molar-refractivity contribution in [2.24, 2.45) is 27.1 Å². The Bertz CT molecular complexity index is 7120. The fourth-order valence-corrected chi connectivity index (χ4v) is 18.9. The fraction of sp³-hybridized carbons (Fsp3) is 0.345. The highest BCUT2D eigenvalue weighted by Gasteiger charge is 2.46. The number of nitrogens with zero attached hydrogens (tertiary/aromatic N) is 4. The average Bonchev–Trinajstić information content (AvgIpc) is 0.754. The van der Waals surface area contributed by atoms with E-state index in [1.54, 1.807) is 0 Å². The van der Waals surface area contributed by atoms with Crippen LogP contribution in [-0.2, 0) is 53.6 Å². The number of rotatable bonds is 13. The molecule has 17 rings (SSSR count). The van der Waals surface area contributed by atoms with E-state index in [1.807, 2.05) is 95.7 Å². The van der Waals surface area contributed by atoms with Crippen LogP contribution in [-0.4, -0.2) is 15.8 Å². The molecular formula is C119H133BN4. The largest absolute Gasteiger partial charge is 0.311 e. The van der Waals surface area contributed by atoms with E-state index in [0.717, 1.165) is 72.0 Å². The van der Waals surface area contributed by atoms with Crippen molar-refractivity contribution in [3.8, 4) is 55.9 Å². The number of hydrogen-bond acceptors (Lipinski definition) is 2. The number of aromatic nitrogens is 2. The van der Waals surface area contributed by atoms with Gasteiger partial charge in [-0.15, -0.1) is 0 Å². The third-order valence-corrected chi connectivity index (χ3v) is 24.4. The topological polar surface area (TPSA) is 16.3 Å². The predicted octanol–water partition coefficient (Wildman–Crippen LogP) is 31.8. The molecule has 0 aliphatic carbocycles. The number of anilines is 6. The fourth-order valence-electron chi connectivity index (χ4n) is 18.9. The predicted molar refractivity (Wildman–Crippen MR) is 541 cm³/mol. The van der Waals surface area contributed by atoms with Gasteiger partial charge in [0.1, 0.15) is 0 Å². The summed E-state index contributed by atoms with van der Waals surface area (Å²) in [5, 5.41) is 2.05. The van der Waals surface area contributed by atoms with Gasteiger partial charge in [-0.05, 0) is 278 Å². The summed E-state index contributed by atoms with van der Waals surface area (Å²) in [4.78, 5) is 4.59. The van der Waals surface area contributed by atoms with E-state index in [0.29, 0.717) is 130 Å². The van der Waals surface area contributed by atoms with Crippen molar-refractivity contribution >= 4 is 101 Å². The highest BCUT2D eigenvalue weighted by Crippen LogP contribution is 2.55. The van der Waals surface area contributed by atoms with Crippen molar-refractivity contribution in [2.45, 2.75) is 241 Å². The van der Waals surface area contributed by atoms with Crippen molar-refractivity contribution < 1.29 is 19.2 Å². The molecule has 0 amide bonds. The molecule has 0 atom stereocenters. The lowest BCUT2D eigenvalue weighted by molar-refractivity contribution is 0.411. The molecule has 0 spiro atoms. The van der Waals surface area contributed by atoms with Gasteiger partial charge in [0.05, 0.1) is 44.4 Å². The maximum absolute atomic E-state index is 11.2. The molecule has 0 unspecified atom stereocenters. The molecule has 15 aromatic rings. The van der Waals surface area contributed by atoms with Crippen LogP contribution in [0.3, 0.4) is 0 Å².